The highest BCUT2D eigenvalue weighted by Crippen LogP contribution is 2.57. The van der Waals surface area contributed by atoms with Crippen molar-refractivity contribution < 1.29 is 19.1 Å². The Hall–Kier alpha value is -1.10. The summed E-state index contributed by atoms with van der Waals surface area (Å²) in [6.45, 7) is 7.44. The summed E-state index contributed by atoms with van der Waals surface area (Å²) < 4.78 is 11.8. The second-order valence-corrected chi connectivity index (χ2v) is 9.81. The van der Waals surface area contributed by atoms with Gasteiger partial charge in [-0.2, -0.15) is 0 Å². The van der Waals surface area contributed by atoms with Gasteiger partial charge in [0.15, 0.2) is 0 Å². The van der Waals surface area contributed by atoms with Crippen LogP contribution in [0.5, 0.6) is 0 Å². The lowest BCUT2D eigenvalue weighted by Crippen LogP contribution is -2.54. The molecule has 0 spiro atoms. The predicted octanol–water partition coefficient (Wildman–Crippen LogP) is 3.01. The number of nitrogens with zero attached hydrogens (tertiary/aromatic N) is 1. The molecule has 5 fully saturated rings. The van der Waals surface area contributed by atoms with E-state index >= 15 is 0 Å². The van der Waals surface area contributed by atoms with Crippen LogP contribution in [0.25, 0.3) is 0 Å². The third-order valence-corrected chi connectivity index (χ3v) is 8.61. The summed E-state index contributed by atoms with van der Waals surface area (Å²) in [5, 5.41) is 0. The number of esters is 2. The van der Waals surface area contributed by atoms with E-state index in [0.29, 0.717) is 35.8 Å². The first-order valence-corrected chi connectivity index (χ1v) is 11.2. The van der Waals surface area contributed by atoms with Gasteiger partial charge in [0.1, 0.15) is 12.2 Å². The largest absolute Gasteiger partial charge is 0.462 e. The van der Waals surface area contributed by atoms with Gasteiger partial charge in [-0.1, -0.05) is 27.2 Å². The van der Waals surface area contributed by atoms with Crippen LogP contribution in [-0.4, -0.2) is 47.7 Å². The van der Waals surface area contributed by atoms with Gasteiger partial charge < -0.3 is 9.47 Å². The second kappa shape index (κ2) is 6.47. The molecule has 10 atom stereocenters. The molecule has 5 heteroatoms. The number of hydrogen-bond acceptors (Lipinski definition) is 5. The molecule has 0 unspecified atom stereocenters. The van der Waals surface area contributed by atoms with Gasteiger partial charge in [-0.3, -0.25) is 14.5 Å². The van der Waals surface area contributed by atoms with E-state index in [1.807, 2.05) is 6.92 Å². The molecule has 0 radical (unpaired) electrons. The van der Waals surface area contributed by atoms with Crippen molar-refractivity contribution in [1.82, 2.24) is 4.90 Å². The minimum absolute atomic E-state index is 0.00362. The molecule has 0 aromatic heterocycles. The normalized spacial score (nSPS) is 52.1. The Morgan fingerprint density at radius 2 is 1.85 bits per heavy atom. The Labute approximate surface area is 162 Å². The van der Waals surface area contributed by atoms with Crippen molar-refractivity contribution in [1.29, 1.82) is 0 Å². The Morgan fingerprint density at radius 3 is 2.56 bits per heavy atom. The van der Waals surface area contributed by atoms with Gasteiger partial charge in [0, 0.05) is 23.9 Å². The topological polar surface area (TPSA) is 55.8 Å². The molecule has 1 saturated carbocycles. The van der Waals surface area contributed by atoms with Crippen LogP contribution in [0.4, 0.5) is 0 Å². The summed E-state index contributed by atoms with van der Waals surface area (Å²) >= 11 is 0. The highest BCUT2D eigenvalue weighted by atomic mass is 16.6. The van der Waals surface area contributed by atoms with Crippen molar-refractivity contribution in [3.05, 3.63) is 0 Å². The number of carbonyl (C=O) groups excluding carboxylic acids is 2. The summed E-state index contributed by atoms with van der Waals surface area (Å²) in [6.07, 6.45) is 6.87. The molecule has 0 amide bonds. The van der Waals surface area contributed by atoms with Crippen LogP contribution in [0, 0.1) is 35.5 Å². The number of carbonyl (C=O) groups is 2. The summed E-state index contributed by atoms with van der Waals surface area (Å²) in [4.78, 5) is 27.3. The first kappa shape index (κ1) is 18.0. The van der Waals surface area contributed by atoms with E-state index in [-0.39, 0.29) is 36.0 Å². The molecular weight excluding hydrogens is 342 g/mol. The van der Waals surface area contributed by atoms with E-state index < -0.39 is 0 Å². The summed E-state index contributed by atoms with van der Waals surface area (Å²) in [6, 6.07) is 0.865. The van der Waals surface area contributed by atoms with Crippen LogP contribution in [-0.2, 0) is 19.1 Å². The third kappa shape index (κ3) is 2.53. The molecule has 4 aliphatic heterocycles. The molecule has 1 aliphatic carbocycles. The molecule has 0 N–H and O–H groups in total. The monoisotopic (exact) mass is 375 g/mol. The van der Waals surface area contributed by atoms with Gasteiger partial charge in [-0.05, 0) is 50.5 Å². The van der Waals surface area contributed by atoms with Crippen LogP contribution >= 0.6 is 0 Å². The van der Waals surface area contributed by atoms with Gasteiger partial charge in [0.2, 0.25) is 0 Å². The molecular formula is C22H33NO4. The Kier molecular flexibility index (Phi) is 4.30. The Morgan fingerprint density at radius 1 is 1.04 bits per heavy atom. The summed E-state index contributed by atoms with van der Waals surface area (Å²) in [7, 11) is 0. The minimum atomic E-state index is -0.0294. The van der Waals surface area contributed by atoms with Gasteiger partial charge in [0.05, 0.1) is 11.8 Å². The zero-order valence-corrected chi connectivity index (χ0v) is 16.8. The molecule has 5 rings (SSSR count). The maximum atomic E-state index is 12.5. The number of rotatable bonds is 2. The van der Waals surface area contributed by atoms with E-state index in [0.717, 1.165) is 25.8 Å². The number of hydrogen-bond donors (Lipinski definition) is 0. The lowest BCUT2D eigenvalue weighted by Gasteiger charge is -2.48. The molecule has 5 nitrogen and oxygen atoms in total. The van der Waals surface area contributed by atoms with Crippen molar-refractivity contribution in [3.63, 3.8) is 0 Å². The van der Waals surface area contributed by atoms with Crippen LogP contribution in [0.15, 0.2) is 0 Å². The zero-order valence-electron chi connectivity index (χ0n) is 16.8. The standard InChI is InChI=1S/C22H33NO4/c1-4-13-14-7-5-6-8-23-16(17-9-11(2)21(24)26-17)10-15(19(14)23)18-12(3)22(25)27-20(13)18/h11-20H,4-10H2,1-3H3/t11-,12+,13-,14-,15-,16-,17+,18-,19-,20+/m1/s1. The van der Waals surface area contributed by atoms with Gasteiger partial charge >= 0.3 is 11.9 Å². The SMILES string of the molecule is CC[C@@H]1[C@H]2CCCCN3[C@H]2[C@H](C[C@@H]3[C@@H]2C[C@@H](C)C(=O)O2)[C@@H]2[C@H]1OC(=O)[C@H]2C. The first-order valence-electron chi connectivity index (χ1n) is 11.2. The second-order valence-electron chi connectivity index (χ2n) is 9.81. The van der Waals surface area contributed by atoms with E-state index in [2.05, 4.69) is 18.7 Å². The van der Waals surface area contributed by atoms with Crippen molar-refractivity contribution in [3.8, 4) is 0 Å². The molecule has 4 saturated heterocycles. The fourth-order valence-corrected chi connectivity index (χ4v) is 7.48. The fraction of sp³-hybridized carbons (Fsp3) is 0.909. The zero-order chi connectivity index (χ0) is 18.9. The molecule has 5 aliphatic rings. The highest BCUT2D eigenvalue weighted by molar-refractivity contribution is 5.75. The number of cyclic esters (lactones) is 1. The quantitative estimate of drug-likeness (QED) is 0.695. The van der Waals surface area contributed by atoms with Crippen molar-refractivity contribution in [2.24, 2.45) is 35.5 Å². The number of fused-ring (bicyclic) bond motifs is 2. The molecule has 150 valence electrons. The first-order chi connectivity index (χ1) is 13.0. The van der Waals surface area contributed by atoms with Gasteiger partial charge in [0.25, 0.3) is 0 Å². The predicted molar refractivity (Wildman–Crippen MR) is 99.7 cm³/mol. The lowest BCUT2D eigenvalue weighted by molar-refractivity contribution is -0.148. The third-order valence-electron chi connectivity index (χ3n) is 8.61. The van der Waals surface area contributed by atoms with Crippen molar-refractivity contribution >= 4 is 11.9 Å². The lowest BCUT2D eigenvalue weighted by atomic mass is 9.60. The molecule has 27 heavy (non-hydrogen) atoms. The van der Waals surface area contributed by atoms with Gasteiger partial charge in [-0.15, -0.1) is 0 Å². The summed E-state index contributed by atoms with van der Waals surface area (Å²) in [5.74, 6) is 1.94. The van der Waals surface area contributed by atoms with Crippen LogP contribution in [0.1, 0.15) is 59.3 Å². The van der Waals surface area contributed by atoms with E-state index in [1.165, 1.54) is 19.3 Å². The maximum absolute atomic E-state index is 12.5. The smallest absolute Gasteiger partial charge is 0.309 e. The Bertz CT molecular complexity index is 636. The average molecular weight is 376 g/mol. The van der Waals surface area contributed by atoms with E-state index in [1.54, 1.807) is 0 Å². The maximum Gasteiger partial charge on any atom is 0.309 e. The van der Waals surface area contributed by atoms with Crippen LogP contribution in [0.3, 0.4) is 0 Å². The van der Waals surface area contributed by atoms with Crippen molar-refractivity contribution in [2.45, 2.75) is 83.6 Å². The molecule has 0 aromatic carbocycles. The summed E-state index contributed by atoms with van der Waals surface area (Å²) in [5.41, 5.74) is 0. The van der Waals surface area contributed by atoms with Crippen LogP contribution < -0.4 is 0 Å². The number of ether oxygens (including phenoxy) is 2. The van der Waals surface area contributed by atoms with Crippen molar-refractivity contribution in [2.75, 3.05) is 6.54 Å². The highest BCUT2D eigenvalue weighted by Gasteiger charge is 2.63. The van der Waals surface area contributed by atoms with Crippen LogP contribution in [0.2, 0.25) is 0 Å². The Balaban J connectivity index is 1.51. The minimum Gasteiger partial charge on any atom is -0.462 e. The molecule has 0 aromatic rings. The van der Waals surface area contributed by atoms with Gasteiger partial charge in [-0.25, -0.2) is 0 Å². The average Bonchev–Trinajstić information content (AvgIpc) is 3.20. The van der Waals surface area contributed by atoms with E-state index in [9.17, 15) is 9.59 Å². The molecule has 4 heterocycles. The van der Waals surface area contributed by atoms with E-state index in [4.69, 9.17) is 9.47 Å². The molecule has 0 bridgehead atoms. The fourth-order valence-electron chi connectivity index (χ4n) is 7.48.